The minimum absolute atomic E-state index is 0.0352. The number of carboxylic acids is 1. The zero-order valence-corrected chi connectivity index (χ0v) is 11.1. The largest absolute Gasteiger partial charge is 0.476 e. The van der Waals surface area contributed by atoms with Gasteiger partial charge in [0.05, 0.1) is 11.9 Å². The molecule has 2 N–H and O–H groups in total. The van der Waals surface area contributed by atoms with Crippen LogP contribution >= 0.6 is 0 Å². The van der Waals surface area contributed by atoms with Crippen LogP contribution in [0.15, 0.2) is 30.5 Å². The monoisotopic (exact) mass is 275 g/mol. The summed E-state index contributed by atoms with van der Waals surface area (Å²) in [6, 6.07) is 5.59. The molecule has 20 heavy (non-hydrogen) atoms. The van der Waals surface area contributed by atoms with E-state index in [1.807, 2.05) is 13.8 Å². The number of hydrogen-bond acceptors (Lipinski definition) is 4. The van der Waals surface area contributed by atoms with Crippen molar-refractivity contribution in [2.45, 2.75) is 19.8 Å². The topological polar surface area (TPSA) is 75.1 Å². The van der Waals surface area contributed by atoms with Crippen LogP contribution in [-0.4, -0.2) is 21.0 Å². The van der Waals surface area contributed by atoms with Gasteiger partial charge in [0.15, 0.2) is 5.69 Å². The fourth-order valence-electron chi connectivity index (χ4n) is 1.62. The van der Waals surface area contributed by atoms with E-state index in [2.05, 4.69) is 15.3 Å². The van der Waals surface area contributed by atoms with Gasteiger partial charge in [-0.25, -0.2) is 19.2 Å². The molecule has 5 nitrogen and oxygen atoms in total. The van der Waals surface area contributed by atoms with Gasteiger partial charge in [-0.05, 0) is 24.3 Å². The normalized spacial score (nSPS) is 10.6. The lowest BCUT2D eigenvalue weighted by molar-refractivity contribution is 0.0691. The van der Waals surface area contributed by atoms with Crippen molar-refractivity contribution in [2.75, 3.05) is 5.32 Å². The van der Waals surface area contributed by atoms with E-state index in [9.17, 15) is 14.3 Å². The number of carbonyl (C=O) groups is 1. The van der Waals surface area contributed by atoms with Crippen molar-refractivity contribution in [1.82, 2.24) is 9.97 Å². The van der Waals surface area contributed by atoms with Gasteiger partial charge in [0.25, 0.3) is 0 Å². The van der Waals surface area contributed by atoms with Crippen LogP contribution in [0.2, 0.25) is 0 Å². The lowest BCUT2D eigenvalue weighted by atomic mass is 10.2. The Morgan fingerprint density at radius 1 is 1.30 bits per heavy atom. The van der Waals surface area contributed by atoms with E-state index in [-0.39, 0.29) is 23.1 Å². The molecule has 1 heterocycles. The Labute approximate surface area is 115 Å². The number of hydrogen-bond donors (Lipinski definition) is 2. The number of nitrogens with one attached hydrogen (secondary N) is 1. The second kappa shape index (κ2) is 5.64. The molecule has 6 heteroatoms. The summed E-state index contributed by atoms with van der Waals surface area (Å²) in [6.45, 7) is 3.77. The van der Waals surface area contributed by atoms with Gasteiger partial charge < -0.3 is 10.4 Å². The van der Waals surface area contributed by atoms with Crippen LogP contribution in [0.4, 0.5) is 15.8 Å². The van der Waals surface area contributed by atoms with Crippen LogP contribution in [0.5, 0.6) is 0 Å². The molecule has 0 aliphatic carbocycles. The average Bonchev–Trinajstić information content (AvgIpc) is 2.41. The molecule has 1 aromatic carbocycles. The van der Waals surface area contributed by atoms with E-state index in [0.29, 0.717) is 11.5 Å². The molecular weight excluding hydrogens is 261 g/mol. The van der Waals surface area contributed by atoms with Crippen LogP contribution < -0.4 is 5.32 Å². The minimum Gasteiger partial charge on any atom is -0.476 e. The summed E-state index contributed by atoms with van der Waals surface area (Å²) in [5.41, 5.74) is 0.733. The van der Waals surface area contributed by atoms with E-state index >= 15 is 0 Å². The number of aromatic nitrogens is 2. The predicted octanol–water partition coefficient (Wildman–Crippen LogP) is 3.18. The molecular formula is C14H14FN3O2. The Morgan fingerprint density at radius 2 is 1.95 bits per heavy atom. The Bertz CT molecular complexity index is 627. The van der Waals surface area contributed by atoms with Crippen molar-refractivity contribution in [3.8, 4) is 0 Å². The summed E-state index contributed by atoms with van der Waals surface area (Å²) in [7, 11) is 0. The molecule has 104 valence electrons. The van der Waals surface area contributed by atoms with Gasteiger partial charge in [0, 0.05) is 11.6 Å². The second-order valence-electron chi connectivity index (χ2n) is 4.58. The fraction of sp³-hybridized carbons (Fsp3) is 0.214. The third-order valence-corrected chi connectivity index (χ3v) is 2.65. The standard InChI is InChI=1S/C14H14FN3O2/c1-8(2)13-16-7-11(12(18-13)14(19)20)17-10-5-3-9(15)4-6-10/h3-8,17H,1-2H3,(H,19,20). The first-order valence-corrected chi connectivity index (χ1v) is 6.10. The highest BCUT2D eigenvalue weighted by Gasteiger charge is 2.15. The molecule has 0 fully saturated rings. The summed E-state index contributed by atoms with van der Waals surface area (Å²) in [5.74, 6) is -1.00. The first kappa shape index (κ1) is 13.9. The maximum Gasteiger partial charge on any atom is 0.356 e. The van der Waals surface area contributed by atoms with Crippen LogP contribution in [0.1, 0.15) is 36.1 Å². The summed E-state index contributed by atoms with van der Waals surface area (Å²) < 4.78 is 12.8. The Balaban J connectivity index is 2.35. The second-order valence-corrected chi connectivity index (χ2v) is 4.58. The summed E-state index contributed by atoms with van der Waals surface area (Å²) in [6.07, 6.45) is 1.43. The molecule has 0 aliphatic heterocycles. The predicted molar refractivity (Wildman–Crippen MR) is 72.8 cm³/mol. The molecule has 0 aliphatic rings. The van der Waals surface area contributed by atoms with E-state index in [1.165, 1.54) is 30.5 Å². The van der Waals surface area contributed by atoms with Gasteiger partial charge >= 0.3 is 5.97 Å². The molecule has 0 unspecified atom stereocenters. The SMILES string of the molecule is CC(C)c1ncc(Nc2ccc(F)cc2)c(C(=O)O)n1. The third kappa shape index (κ3) is 3.09. The minimum atomic E-state index is -1.14. The molecule has 0 amide bonds. The zero-order chi connectivity index (χ0) is 14.7. The molecule has 0 atom stereocenters. The van der Waals surface area contributed by atoms with Gasteiger partial charge in [-0.1, -0.05) is 13.8 Å². The molecule has 0 spiro atoms. The number of nitrogens with zero attached hydrogens (tertiary/aromatic N) is 2. The van der Waals surface area contributed by atoms with Crippen molar-refractivity contribution < 1.29 is 14.3 Å². The van der Waals surface area contributed by atoms with Gasteiger partial charge in [0.1, 0.15) is 11.6 Å². The van der Waals surface area contributed by atoms with E-state index in [4.69, 9.17) is 0 Å². The van der Waals surface area contributed by atoms with E-state index in [0.717, 1.165) is 0 Å². The highest BCUT2D eigenvalue weighted by atomic mass is 19.1. The maximum absolute atomic E-state index is 12.8. The Morgan fingerprint density at radius 3 is 2.50 bits per heavy atom. The number of halogens is 1. The highest BCUT2D eigenvalue weighted by Crippen LogP contribution is 2.21. The quantitative estimate of drug-likeness (QED) is 0.896. The average molecular weight is 275 g/mol. The number of carboxylic acid groups (broad SMARTS) is 1. The Kier molecular flexibility index (Phi) is 3.93. The third-order valence-electron chi connectivity index (χ3n) is 2.65. The molecule has 0 bridgehead atoms. The fourth-order valence-corrected chi connectivity index (χ4v) is 1.62. The maximum atomic E-state index is 12.8. The lowest BCUT2D eigenvalue weighted by Crippen LogP contribution is -2.10. The van der Waals surface area contributed by atoms with E-state index in [1.54, 1.807) is 0 Å². The van der Waals surface area contributed by atoms with Gasteiger partial charge in [-0.3, -0.25) is 0 Å². The summed E-state index contributed by atoms with van der Waals surface area (Å²) >= 11 is 0. The number of benzene rings is 1. The zero-order valence-electron chi connectivity index (χ0n) is 11.1. The van der Waals surface area contributed by atoms with E-state index < -0.39 is 5.97 Å². The Hall–Kier alpha value is -2.50. The van der Waals surface area contributed by atoms with Crippen LogP contribution in [-0.2, 0) is 0 Å². The lowest BCUT2D eigenvalue weighted by Gasteiger charge is -2.11. The van der Waals surface area contributed by atoms with Crippen molar-refractivity contribution in [3.05, 3.63) is 47.8 Å². The van der Waals surface area contributed by atoms with Crippen molar-refractivity contribution in [1.29, 1.82) is 0 Å². The first-order chi connectivity index (χ1) is 9.47. The molecule has 2 rings (SSSR count). The molecule has 2 aromatic rings. The number of rotatable bonds is 4. The highest BCUT2D eigenvalue weighted by molar-refractivity contribution is 5.92. The molecule has 1 aromatic heterocycles. The first-order valence-electron chi connectivity index (χ1n) is 6.10. The van der Waals surface area contributed by atoms with Crippen molar-refractivity contribution in [3.63, 3.8) is 0 Å². The molecule has 0 saturated heterocycles. The van der Waals surface area contributed by atoms with Crippen LogP contribution in [0, 0.1) is 5.82 Å². The summed E-state index contributed by atoms with van der Waals surface area (Å²) in [4.78, 5) is 19.4. The number of anilines is 2. The molecule has 0 saturated carbocycles. The van der Waals surface area contributed by atoms with Crippen molar-refractivity contribution >= 4 is 17.3 Å². The van der Waals surface area contributed by atoms with Gasteiger partial charge in [0.2, 0.25) is 0 Å². The van der Waals surface area contributed by atoms with Crippen LogP contribution in [0.25, 0.3) is 0 Å². The number of aromatic carboxylic acids is 1. The van der Waals surface area contributed by atoms with Crippen LogP contribution in [0.3, 0.4) is 0 Å². The smallest absolute Gasteiger partial charge is 0.356 e. The summed E-state index contributed by atoms with van der Waals surface area (Å²) in [5, 5.41) is 12.1. The van der Waals surface area contributed by atoms with Crippen molar-refractivity contribution in [2.24, 2.45) is 0 Å². The van der Waals surface area contributed by atoms with Gasteiger partial charge in [-0.15, -0.1) is 0 Å². The van der Waals surface area contributed by atoms with Gasteiger partial charge in [-0.2, -0.15) is 0 Å². The molecule has 0 radical (unpaired) electrons.